The molecule has 0 aliphatic heterocycles. The molecule has 1 aliphatic carbocycles. The Balaban J connectivity index is 2.38. The summed E-state index contributed by atoms with van der Waals surface area (Å²) in [5, 5.41) is 13.3. The van der Waals surface area contributed by atoms with Crippen molar-refractivity contribution in [2.45, 2.75) is 44.6 Å². The maximum atomic E-state index is 10.4. The van der Waals surface area contributed by atoms with E-state index in [0.717, 1.165) is 44.2 Å². The van der Waals surface area contributed by atoms with Crippen LogP contribution in [-0.2, 0) is 0 Å². The lowest BCUT2D eigenvalue weighted by Crippen LogP contribution is -2.26. The first-order valence-corrected chi connectivity index (χ1v) is 4.97. The minimum Gasteiger partial charge on any atom is -0.393 e. The molecule has 1 rings (SSSR count). The fraction of sp³-hybridized carbons (Fsp3) is 0.778. The number of nitrogens with one attached hydrogen (secondary N) is 1. The van der Waals surface area contributed by atoms with Crippen molar-refractivity contribution in [1.29, 1.82) is 0 Å². The van der Waals surface area contributed by atoms with E-state index in [-0.39, 0.29) is 6.10 Å². The topological polar surface area (TPSA) is 87.7 Å². The van der Waals surface area contributed by atoms with Crippen molar-refractivity contribution in [1.82, 2.24) is 5.43 Å². The Labute approximate surface area is 83.4 Å². The maximum absolute atomic E-state index is 10.4. The summed E-state index contributed by atoms with van der Waals surface area (Å²) in [6, 6.07) is -0.625. The number of primary amides is 1. The standard InChI is InChI=1S/C9H17N3O2/c10-9(14)12-11-7-3-1-5-8(13)6-2-4-7/h8,13H,1-6H2,(H3,10,12,14). The molecule has 0 aromatic carbocycles. The number of aliphatic hydroxyl groups excluding tert-OH is 1. The Hall–Kier alpha value is -1.10. The SMILES string of the molecule is NC(=O)NN=C1CCCC(O)CCC1. The molecule has 4 N–H and O–H groups in total. The molecule has 5 heteroatoms. The zero-order valence-electron chi connectivity index (χ0n) is 8.20. The number of amides is 2. The third kappa shape index (κ3) is 4.23. The molecule has 80 valence electrons. The van der Waals surface area contributed by atoms with Gasteiger partial charge in [-0.2, -0.15) is 5.10 Å². The van der Waals surface area contributed by atoms with E-state index in [4.69, 9.17) is 5.73 Å². The quantitative estimate of drug-likeness (QED) is 0.543. The van der Waals surface area contributed by atoms with E-state index < -0.39 is 6.03 Å². The number of carbonyl (C=O) groups is 1. The van der Waals surface area contributed by atoms with Gasteiger partial charge in [0.25, 0.3) is 0 Å². The number of nitrogens with zero attached hydrogens (tertiary/aromatic N) is 1. The van der Waals surface area contributed by atoms with E-state index in [2.05, 4.69) is 10.5 Å². The Morgan fingerprint density at radius 2 is 2.00 bits per heavy atom. The molecule has 0 heterocycles. The summed E-state index contributed by atoms with van der Waals surface area (Å²) in [5.41, 5.74) is 8.11. The van der Waals surface area contributed by atoms with Crippen LogP contribution in [0.4, 0.5) is 4.79 Å². The van der Waals surface area contributed by atoms with Crippen LogP contribution < -0.4 is 11.2 Å². The number of urea groups is 1. The molecule has 0 saturated heterocycles. The van der Waals surface area contributed by atoms with Gasteiger partial charge in [-0.1, -0.05) is 0 Å². The molecule has 1 fully saturated rings. The lowest BCUT2D eigenvalue weighted by molar-refractivity contribution is 0.148. The van der Waals surface area contributed by atoms with Crippen LogP contribution in [0.1, 0.15) is 38.5 Å². The summed E-state index contributed by atoms with van der Waals surface area (Å²) in [6.07, 6.45) is 4.96. The molecular formula is C9H17N3O2. The number of hydrogen-bond acceptors (Lipinski definition) is 3. The van der Waals surface area contributed by atoms with Crippen LogP contribution in [0.25, 0.3) is 0 Å². The summed E-state index contributed by atoms with van der Waals surface area (Å²) in [7, 11) is 0. The molecule has 5 nitrogen and oxygen atoms in total. The van der Waals surface area contributed by atoms with Crippen LogP contribution in [0.3, 0.4) is 0 Å². The average Bonchev–Trinajstić information content (AvgIpc) is 2.08. The van der Waals surface area contributed by atoms with Crippen molar-refractivity contribution < 1.29 is 9.90 Å². The molecule has 1 aliphatic rings. The molecule has 0 spiro atoms. The lowest BCUT2D eigenvalue weighted by Gasteiger charge is -2.15. The fourth-order valence-corrected chi connectivity index (χ4v) is 1.60. The zero-order chi connectivity index (χ0) is 10.4. The second kappa shape index (κ2) is 5.59. The predicted octanol–water partition coefficient (Wildman–Crippen LogP) is 0.726. The lowest BCUT2D eigenvalue weighted by atomic mass is 9.97. The van der Waals surface area contributed by atoms with Crippen molar-refractivity contribution in [3.63, 3.8) is 0 Å². The summed E-state index contributed by atoms with van der Waals surface area (Å²) in [5.74, 6) is 0. The molecule has 0 radical (unpaired) electrons. The summed E-state index contributed by atoms with van der Waals surface area (Å²) in [6.45, 7) is 0. The van der Waals surface area contributed by atoms with Crippen LogP contribution in [0.2, 0.25) is 0 Å². The van der Waals surface area contributed by atoms with Crippen LogP contribution in [0, 0.1) is 0 Å². The van der Waals surface area contributed by atoms with Gasteiger partial charge in [0, 0.05) is 5.71 Å². The van der Waals surface area contributed by atoms with Crippen molar-refractivity contribution >= 4 is 11.7 Å². The first kappa shape index (κ1) is 11.0. The Bertz CT molecular complexity index is 216. The molecule has 14 heavy (non-hydrogen) atoms. The van der Waals surface area contributed by atoms with Gasteiger partial charge < -0.3 is 10.8 Å². The highest BCUT2D eigenvalue weighted by Gasteiger charge is 2.11. The van der Waals surface area contributed by atoms with E-state index in [1.807, 2.05) is 0 Å². The summed E-state index contributed by atoms with van der Waals surface area (Å²) >= 11 is 0. The van der Waals surface area contributed by atoms with Crippen LogP contribution in [-0.4, -0.2) is 23.0 Å². The van der Waals surface area contributed by atoms with Crippen molar-refractivity contribution in [2.75, 3.05) is 0 Å². The van der Waals surface area contributed by atoms with Crippen molar-refractivity contribution in [3.05, 3.63) is 0 Å². The third-order valence-electron chi connectivity index (χ3n) is 2.33. The highest BCUT2D eigenvalue weighted by Crippen LogP contribution is 2.15. The Morgan fingerprint density at radius 1 is 1.43 bits per heavy atom. The van der Waals surface area contributed by atoms with Crippen molar-refractivity contribution in [3.8, 4) is 0 Å². The normalized spacial score (nSPS) is 23.5. The van der Waals surface area contributed by atoms with Gasteiger partial charge in [-0.25, -0.2) is 10.2 Å². The fourth-order valence-electron chi connectivity index (χ4n) is 1.60. The van der Waals surface area contributed by atoms with Gasteiger partial charge in [-0.15, -0.1) is 0 Å². The van der Waals surface area contributed by atoms with E-state index in [0.29, 0.717) is 0 Å². The number of nitrogens with two attached hydrogens (primary N) is 1. The summed E-state index contributed by atoms with van der Waals surface area (Å²) < 4.78 is 0. The summed E-state index contributed by atoms with van der Waals surface area (Å²) in [4.78, 5) is 10.4. The molecule has 0 unspecified atom stereocenters. The maximum Gasteiger partial charge on any atom is 0.332 e. The minimum atomic E-state index is -0.625. The highest BCUT2D eigenvalue weighted by atomic mass is 16.3. The van der Waals surface area contributed by atoms with Gasteiger partial charge in [0.05, 0.1) is 6.10 Å². The Kier molecular flexibility index (Phi) is 4.39. The van der Waals surface area contributed by atoms with E-state index >= 15 is 0 Å². The minimum absolute atomic E-state index is 0.166. The molecule has 0 aromatic rings. The molecule has 2 amide bonds. The average molecular weight is 199 g/mol. The number of aliphatic hydroxyl groups is 1. The monoisotopic (exact) mass is 199 g/mol. The van der Waals surface area contributed by atoms with Gasteiger partial charge >= 0.3 is 6.03 Å². The Morgan fingerprint density at radius 3 is 2.50 bits per heavy atom. The predicted molar refractivity (Wildman–Crippen MR) is 53.9 cm³/mol. The van der Waals surface area contributed by atoms with Crippen LogP contribution >= 0.6 is 0 Å². The van der Waals surface area contributed by atoms with Gasteiger partial charge in [-0.05, 0) is 38.5 Å². The highest BCUT2D eigenvalue weighted by molar-refractivity contribution is 5.85. The van der Waals surface area contributed by atoms with Gasteiger partial charge in [0.15, 0.2) is 0 Å². The second-order valence-corrected chi connectivity index (χ2v) is 3.59. The third-order valence-corrected chi connectivity index (χ3v) is 2.33. The molecule has 1 saturated carbocycles. The number of hydrazone groups is 1. The number of rotatable bonds is 1. The smallest absolute Gasteiger partial charge is 0.332 e. The molecule has 0 aromatic heterocycles. The largest absolute Gasteiger partial charge is 0.393 e. The van der Waals surface area contributed by atoms with E-state index in [1.54, 1.807) is 0 Å². The van der Waals surface area contributed by atoms with Gasteiger partial charge in [0.1, 0.15) is 0 Å². The van der Waals surface area contributed by atoms with Crippen LogP contribution in [0.5, 0.6) is 0 Å². The van der Waals surface area contributed by atoms with Crippen LogP contribution in [0.15, 0.2) is 5.10 Å². The van der Waals surface area contributed by atoms with E-state index in [9.17, 15) is 9.90 Å². The van der Waals surface area contributed by atoms with Crippen molar-refractivity contribution in [2.24, 2.45) is 10.8 Å². The molecule has 0 bridgehead atoms. The number of carbonyl (C=O) groups excluding carboxylic acids is 1. The number of hydrogen-bond donors (Lipinski definition) is 3. The first-order valence-electron chi connectivity index (χ1n) is 4.97. The van der Waals surface area contributed by atoms with Gasteiger partial charge in [0.2, 0.25) is 0 Å². The van der Waals surface area contributed by atoms with E-state index in [1.165, 1.54) is 0 Å². The molecule has 0 atom stereocenters. The van der Waals surface area contributed by atoms with Gasteiger partial charge in [-0.3, -0.25) is 0 Å². The zero-order valence-corrected chi connectivity index (χ0v) is 8.20. The molecular weight excluding hydrogens is 182 g/mol. The second-order valence-electron chi connectivity index (χ2n) is 3.59. The first-order chi connectivity index (χ1) is 6.68.